The molecule has 7 N–H and O–H groups in total. The maximum atomic E-state index is 12.2. The number of carbonyl (C=O) groups excluding carboxylic acids is 6. The van der Waals surface area contributed by atoms with Crippen molar-refractivity contribution >= 4 is 110 Å². The van der Waals surface area contributed by atoms with Crippen molar-refractivity contribution in [2.45, 2.75) is 195 Å². The highest BCUT2D eigenvalue weighted by atomic mass is 79.9. The smallest absolute Gasteiger partial charge is 0.478 e. The molecule has 2 aromatic carbocycles. The number of amides is 6. The molecule has 5 aliphatic heterocycles. The molecule has 28 nitrogen and oxygen atoms in total. The molecule has 5 aliphatic rings. The van der Waals surface area contributed by atoms with Crippen LogP contribution in [0.5, 0.6) is 0 Å². The van der Waals surface area contributed by atoms with E-state index in [1.807, 2.05) is 201 Å². The molecule has 0 unspecified atom stereocenters. The summed E-state index contributed by atoms with van der Waals surface area (Å²) in [7, 11) is -0.314. The van der Waals surface area contributed by atoms with Gasteiger partial charge in [-0.15, -0.1) is 0 Å². The number of pyridine rings is 5. The zero-order valence-electron chi connectivity index (χ0n) is 70.3. The van der Waals surface area contributed by atoms with Crippen LogP contribution in [0.25, 0.3) is 5.57 Å². The highest BCUT2D eigenvalue weighted by molar-refractivity contribution is 9.10. The van der Waals surface area contributed by atoms with Crippen molar-refractivity contribution < 1.29 is 71.7 Å². The zero-order chi connectivity index (χ0) is 86.4. The van der Waals surface area contributed by atoms with Crippen LogP contribution >= 0.6 is 31.9 Å². The number of hydrogen-bond donors (Lipinski definition) is 6. The molecule has 10 heterocycles. The Kier molecular flexibility index (Phi) is 36.2. The molecule has 0 aliphatic carbocycles. The Labute approximate surface area is 710 Å². The Hall–Kier alpha value is -10.3. The summed E-state index contributed by atoms with van der Waals surface area (Å²) < 4.78 is 40.1. The van der Waals surface area contributed by atoms with Crippen molar-refractivity contribution in [1.82, 2.24) is 44.9 Å². The van der Waals surface area contributed by atoms with Crippen molar-refractivity contribution in [3.05, 3.63) is 213 Å². The molecule has 7 aromatic rings. The lowest BCUT2D eigenvalue weighted by molar-refractivity contribution is -0.118. The van der Waals surface area contributed by atoms with Crippen LogP contribution in [0, 0.1) is 5.92 Å². The van der Waals surface area contributed by atoms with E-state index in [4.69, 9.17) is 43.8 Å². The normalized spacial score (nSPS) is 15.8. The molecule has 12 rings (SSSR count). The van der Waals surface area contributed by atoms with Gasteiger partial charge in [0.1, 0.15) is 30.0 Å². The monoisotopic (exact) mass is 1750 g/mol. The van der Waals surface area contributed by atoms with Crippen LogP contribution in [0.3, 0.4) is 0 Å². The van der Waals surface area contributed by atoms with E-state index in [2.05, 4.69) is 84.1 Å². The Balaban J connectivity index is 0.000000200. The summed E-state index contributed by atoms with van der Waals surface area (Å²) in [6, 6.07) is 28.1. The summed E-state index contributed by atoms with van der Waals surface area (Å²) in [6.45, 7) is 35.0. The molecule has 0 bridgehead atoms. The fourth-order valence-electron chi connectivity index (χ4n) is 11.9. The summed E-state index contributed by atoms with van der Waals surface area (Å²) in [6.07, 6.45) is 24.2. The third kappa shape index (κ3) is 33.6. The molecule has 118 heavy (non-hydrogen) atoms. The molecule has 634 valence electrons. The second-order valence-electron chi connectivity index (χ2n) is 32.8. The number of aromatic carboxylic acids is 1. The molecular weight excluding hydrogens is 1640 g/mol. The van der Waals surface area contributed by atoms with E-state index in [0.717, 1.165) is 88.7 Å². The van der Waals surface area contributed by atoms with E-state index in [1.165, 1.54) is 24.0 Å². The van der Waals surface area contributed by atoms with E-state index >= 15 is 0 Å². The number of nitrogens with one attached hydrogen (secondary N) is 4. The number of hydrogen-bond acceptors (Lipinski definition) is 21. The Morgan fingerprint density at radius 3 is 1.43 bits per heavy atom. The standard InChI is InChI=1S/C23H27N3O4.C16H28BNO4.C15H23N3O2.C14H21N3O.C13H11BrN2O2.C6H4BrNO2/c1-23(2,3)30-22(28)26-11-9-18(10-12-26)19-13-20(15-24-14-19)25-21(27)29-16-17-7-5-4-6-8-17;1-14(2,3)20-13(19)18-10-8-12(9-11-18)17-21-15(4,5)16(6,7)22-17;1-15(2,3)20-14(19)18-6-4-11(5-7-18)12-8-13(16)10-17-9-12;1-10(2)14(18)17-13-7-12(8-16-9-13)11-3-5-15-6-4-11;14-11-6-12(8-15-7-11)16-13(17)18-9-10-4-2-1-3-5-10;7-5-1-4(6(9)10)2-8-3-5/h4-9,13-15H,10-12,16H2,1-3H3,(H,25,27);8H,9-11H2,1-7H3;8-11H,4-7,16H2,1-3H3;7-11,15H,3-6H2,1-2H3,(H,17,18);1-8H,9H2,(H,16,17);1-3H,(H,9,10). The van der Waals surface area contributed by atoms with Crippen molar-refractivity contribution in [2.75, 3.05) is 74.0 Å². The molecule has 5 aromatic heterocycles. The van der Waals surface area contributed by atoms with Gasteiger partial charge >= 0.3 is 43.6 Å². The molecule has 0 radical (unpaired) electrons. The lowest BCUT2D eigenvalue weighted by Crippen LogP contribution is -2.41. The molecule has 3 fully saturated rings. The van der Waals surface area contributed by atoms with Crippen LogP contribution in [0.2, 0.25) is 0 Å². The van der Waals surface area contributed by atoms with Gasteiger partial charge < -0.3 is 69.2 Å². The average molecular weight is 1750 g/mol. The van der Waals surface area contributed by atoms with Crippen LogP contribution in [-0.2, 0) is 51.0 Å². The Morgan fingerprint density at radius 1 is 0.542 bits per heavy atom. The number of benzene rings is 2. The number of anilines is 4. The van der Waals surface area contributed by atoms with Crippen molar-refractivity contribution in [3.63, 3.8) is 0 Å². The topological polar surface area (TPSA) is 353 Å². The predicted molar refractivity (Wildman–Crippen MR) is 464 cm³/mol. The largest absolute Gasteiger partial charge is 0.490 e. The van der Waals surface area contributed by atoms with Crippen molar-refractivity contribution in [2.24, 2.45) is 5.92 Å². The van der Waals surface area contributed by atoms with Crippen LogP contribution in [0.1, 0.15) is 192 Å². The van der Waals surface area contributed by atoms with Gasteiger partial charge in [-0.2, -0.15) is 0 Å². The number of ether oxygens (including phenoxy) is 5. The van der Waals surface area contributed by atoms with E-state index in [1.54, 1.807) is 57.9 Å². The SMILES string of the molecule is CC(C)(C)OC(=O)N1CC=C(B2OC(C)(C)C(C)(C)O2)CC1.CC(C)(C)OC(=O)N1CC=C(c2cncc(NC(=O)OCc3ccccc3)c2)CC1.CC(C)(C)OC(=O)N1CCC(c2cncc(N)c2)CC1.CC(C)C(=O)Nc1cncc(C2CCNCC2)c1.O=C(Nc1cncc(Br)c1)OCc1ccccc1.O=C(O)c1cncc(Br)c1. The second kappa shape index (κ2) is 45.0. The van der Waals surface area contributed by atoms with Gasteiger partial charge in [0, 0.05) is 97.5 Å². The lowest BCUT2D eigenvalue weighted by Gasteiger charge is -2.33. The number of nitrogens with two attached hydrogens (primary N) is 1. The maximum absolute atomic E-state index is 12.2. The van der Waals surface area contributed by atoms with Gasteiger partial charge in [0.05, 0.1) is 58.1 Å². The number of halogens is 2. The van der Waals surface area contributed by atoms with E-state index < -0.39 is 35.0 Å². The molecular formula is C87H114BBr2N13O15. The molecule has 31 heteroatoms. The first kappa shape index (κ1) is 94.8. The third-order valence-electron chi connectivity index (χ3n) is 18.8. The fourth-order valence-corrected chi connectivity index (χ4v) is 12.6. The van der Waals surface area contributed by atoms with Crippen LogP contribution in [0.15, 0.2) is 180 Å². The fraction of sp³-hybridized carbons (Fsp3) is 0.448. The van der Waals surface area contributed by atoms with Gasteiger partial charge in [0.15, 0.2) is 0 Å². The zero-order valence-corrected chi connectivity index (χ0v) is 73.5. The Morgan fingerprint density at radius 2 is 0.983 bits per heavy atom. The Bertz CT molecular complexity index is 4490. The molecule has 0 spiro atoms. The minimum Gasteiger partial charge on any atom is -0.478 e. The first-order chi connectivity index (χ1) is 55.7. The van der Waals surface area contributed by atoms with Crippen LogP contribution < -0.4 is 27.0 Å². The number of likely N-dealkylation sites (tertiary alicyclic amines) is 1. The second-order valence-corrected chi connectivity index (χ2v) is 34.7. The first-order valence-electron chi connectivity index (χ1n) is 39.4. The quantitative estimate of drug-likeness (QED) is 0.0461. The summed E-state index contributed by atoms with van der Waals surface area (Å²) >= 11 is 6.38. The van der Waals surface area contributed by atoms with Crippen LogP contribution in [0.4, 0.5) is 46.7 Å². The summed E-state index contributed by atoms with van der Waals surface area (Å²) in [5.41, 5.74) is 13.9. The number of piperidine rings is 2. The van der Waals surface area contributed by atoms with Gasteiger partial charge in [-0.1, -0.05) is 86.7 Å². The van der Waals surface area contributed by atoms with Gasteiger partial charge in [-0.05, 0) is 255 Å². The van der Waals surface area contributed by atoms with Gasteiger partial charge in [0.25, 0.3) is 0 Å². The lowest BCUT2D eigenvalue weighted by atomic mass is 9.75. The van der Waals surface area contributed by atoms with Gasteiger partial charge in [0.2, 0.25) is 5.91 Å². The number of aromatic nitrogens is 5. The molecule has 6 amide bonds. The highest BCUT2D eigenvalue weighted by Gasteiger charge is 2.52. The molecule has 0 atom stereocenters. The van der Waals surface area contributed by atoms with Crippen LogP contribution in [-0.4, -0.2) is 175 Å². The molecule has 3 saturated heterocycles. The number of carboxylic acid groups (broad SMARTS) is 1. The summed E-state index contributed by atoms with van der Waals surface area (Å²) in [5, 5.41) is 20.0. The number of carboxylic acids is 1. The minimum absolute atomic E-state index is 0.00691. The number of nitrogens with zero attached hydrogens (tertiary/aromatic N) is 8. The average Bonchev–Trinajstić information content (AvgIpc) is 1.62. The highest BCUT2D eigenvalue weighted by Crippen LogP contribution is 2.40. The van der Waals surface area contributed by atoms with Gasteiger partial charge in [-0.3, -0.25) is 40.3 Å². The first-order valence-corrected chi connectivity index (χ1v) is 40.9. The molecule has 0 saturated carbocycles. The van der Waals surface area contributed by atoms with Gasteiger partial charge in [-0.25, -0.2) is 28.8 Å². The minimum atomic E-state index is -0.964. The van der Waals surface area contributed by atoms with Crippen molar-refractivity contribution in [3.8, 4) is 0 Å². The van der Waals surface area contributed by atoms with E-state index in [-0.39, 0.29) is 67.2 Å². The number of carbonyl (C=O) groups is 7. The summed E-state index contributed by atoms with van der Waals surface area (Å²) in [5.74, 6) is 0.0555. The van der Waals surface area contributed by atoms with Crippen molar-refractivity contribution in [1.29, 1.82) is 0 Å². The summed E-state index contributed by atoms with van der Waals surface area (Å²) in [4.78, 5) is 107. The third-order valence-corrected chi connectivity index (χ3v) is 19.6. The predicted octanol–water partition coefficient (Wildman–Crippen LogP) is 18.1. The number of rotatable bonds is 13. The maximum Gasteiger partial charge on any atom is 0.490 e. The van der Waals surface area contributed by atoms with E-state index in [9.17, 15) is 33.6 Å². The van der Waals surface area contributed by atoms with E-state index in [0.29, 0.717) is 79.1 Å². The number of nitrogen functional groups attached to an aromatic ring is 1.